The predicted octanol–water partition coefficient (Wildman–Crippen LogP) is 6.52. The van der Waals surface area contributed by atoms with Crippen LogP contribution in [-0.4, -0.2) is 31.3 Å². The Balaban J connectivity index is 2.59. The average molecular weight is 379 g/mol. The third-order valence-electron chi connectivity index (χ3n) is 4.92. The Morgan fingerprint density at radius 2 is 1.92 bits per heavy atom. The van der Waals surface area contributed by atoms with E-state index in [1.54, 1.807) is 7.11 Å². The zero-order valence-corrected chi connectivity index (χ0v) is 18.7. The van der Waals surface area contributed by atoms with Gasteiger partial charge in [0, 0.05) is 7.11 Å². The molecule has 0 spiro atoms. The summed E-state index contributed by atoms with van der Waals surface area (Å²) in [7, 11) is 1.79. The van der Waals surface area contributed by atoms with Crippen LogP contribution in [0.1, 0.15) is 63.1 Å². The quantitative estimate of drug-likeness (QED) is 0.305. The maximum atomic E-state index is 6.16. The van der Waals surface area contributed by atoms with E-state index in [9.17, 15) is 0 Å². The van der Waals surface area contributed by atoms with Crippen LogP contribution in [-0.2, 0) is 11.2 Å². The van der Waals surface area contributed by atoms with Crippen molar-refractivity contribution < 1.29 is 9.47 Å². The van der Waals surface area contributed by atoms with Gasteiger partial charge in [-0.05, 0) is 108 Å². The molecule has 0 fully saturated rings. The summed E-state index contributed by atoms with van der Waals surface area (Å²) >= 11 is 1.91. The Hall–Kier alpha value is -0.930. The van der Waals surface area contributed by atoms with E-state index in [4.69, 9.17) is 9.47 Å². The Bertz CT molecular complexity index is 576. The Morgan fingerprint density at radius 3 is 2.58 bits per heavy atom. The number of rotatable bonds is 12. The first-order chi connectivity index (χ1) is 12.3. The van der Waals surface area contributed by atoms with Crippen molar-refractivity contribution in [2.24, 2.45) is 0 Å². The van der Waals surface area contributed by atoms with Crippen LogP contribution in [0.15, 0.2) is 23.8 Å². The second-order valence-corrected chi connectivity index (χ2v) is 8.82. The van der Waals surface area contributed by atoms with Gasteiger partial charge in [0.2, 0.25) is 0 Å². The van der Waals surface area contributed by atoms with Crippen molar-refractivity contribution >= 4 is 11.8 Å². The molecule has 0 heterocycles. The molecule has 2 nitrogen and oxygen atoms in total. The third kappa shape index (κ3) is 8.64. The largest absolute Gasteiger partial charge is 0.489 e. The first kappa shape index (κ1) is 23.1. The molecule has 0 aliphatic carbocycles. The number of benzene rings is 1. The van der Waals surface area contributed by atoms with E-state index in [1.165, 1.54) is 34.4 Å². The van der Waals surface area contributed by atoms with Gasteiger partial charge in [-0.1, -0.05) is 11.6 Å². The zero-order valence-electron chi connectivity index (χ0n) is 17.9. The molecule has 0 unspecified atom stereocenters. The summed E-state index contributed by atoms with van der Waals surface area (Å²) in [6, 6.07) is 4.45. The maximum Gasteiger partial charge on any atom is 0.123 e. The lowest BCUT2D eigenvalue weighted by Gasteiger charge is -2.22. The normalized spacial score (nSPS) is 12.5. The number of aryl methyl sites for hydroxylation is 2. The molecule has 0 aromatic heterocycles. The molecule has 0 aliphatic rings. The topological polar surface area (TPSA) is 18.5 Å². The van der Waals surface area contributed by atoms with Crippen molar-refractivity contribution in [2.45, 2.75) is 72.3 Å². The fraction of sp³-hybridized carbons (Fsp3) is 0.652. The molecule has 0 saturated carbocycles. The Labute approximate surface area is 165 Å². The van der Waals surface area contributed by atoms with E-state index in [-0.39, 0.29) is 5.60 Å². The fourth-order valence-corrected chi connectivity index (χ4v) is 3.50. The second kappa shape index (κ2) is 11.7. The van der Waals surface area contributed by atoms with Crippen LogP contribution in [0.25, 0.3) is 0 Å². The van der Waals surface area contributed by atoms with Gasteiger partial charge in [-0.25, -0.2) is 0 Å². The van der Waals surface area contributed by atoms with Crippen molar-refractivity contribution in [1.82, 2.24) is 0 Å². The average Bonchev–Trinajstić information content (AvgIpc) is 2.57. The van der Waals surface area contributed by atoms with Crippen LogP contribution in [0, 0.1) is 13.8 Å². The summed E-state index contributed by atoms with van der Waals surface area (Å²) in [5, 5.41) is 0. The minimum absolute atomic E-state index is 0.0262. The SMILES string of the molecule is COC(C)(C)CCCC(C)=CCOc1cc(C)cc(C)c1CCCSC. The molecule has 0 N–H and O–H groups in total. The number of methoxy groups -OCH3 is 1. The Morgan fingerprint density at radius 1 is 1.19 bits per heavy atom. The minimum Gasteiger partial charge on any atom is -0.489 e. The van der Waals surface area contributed by atoms with E-state index >= 15 is 0 Å². The lowest BCUT2D eigenvalue weighted by atomic mass is 9.99. The second-order valence-electron chi connectivity index (χ2n) is 7.83. The standard InChI is InChI=1S/C23H38O2S/c1-18(10-8-13-23(4,5)24-6)12-14-25-22-17-19(2)16-20(3)21(22)11-9-15-26-7/h12,16-17H,8-11,13-15H2,1-7H3. The molecule has 0 atom stereocenters. The molecule has 0 bridgehead atoms. The number of ether oxygens (including phenoxy) is 2. The summed E-state index contributed by atoms with van der Waals surface area (Å²) in [5.41, 5.74) is 5.36. The molecular formula is C23H38O2S. The van der Waals surface area contributed by atoms with Gasteiger partial charge in [-0.2, -0.15) is 11.8 Å². The lowest BCUT2D eigenvalue weighted by molar-refractivity contribution is 0.0140. The summed E-state index contributed by atoms with van der Waals surface area (Å²) in [6.07, 6.45) is 10.0. The summed E-state index contributed by atoms with van der Waals surface area (Å²) in [6.45, 7) is 11.5. The highest BCUT2D eigenvalue weighted by Crippen LogP contribution is 2.26. The molecule has 26 heavy (non-hydrogen) atoms. The molecular weight excluding hydrogens is 340 g/mol. The van der Waals surface area contributed by atoms with E-state index in [1.807, 2.05) is 11.8 Å². The number of hydrogen-bond donors (Lipinski definition) is 0. The maximum absolute atomic E-state index is 6.16. The Kier molecular flexibility index (Phi) is 10.4. The van der Waals surface area contributed by atoms with Gasteiger partial charge in [-0.15, -0.1) is 0 Å². The molecule has 1 rings (SSSR count). The van der Waals surface area contributed by atoms with E-state index in [2.05, 4.69) is 59.1 Å². The first-order valence-corrected chi connectivity index (χ1v) is 11.1. The molecule has 0 aliphatic heterocycles. The van der Waals surface area contributed by atoms with Crippen molar-refractivity contribution in [3.8, 4) is 5.75 Å². The number of allylic oxidation sites excluding steroid dienone is 1. The molecule has 0 amide bonds. The zero-order chi connectivity index (χ0) is 19.6. The predicted molar refractivity (Wildman–Crippen MR) is 117 cm³/mol. The van der Waals surface area contributed by atoms with Crippen molar-refractivity contribution in [3.05, 3.63) is 40.5 Å². The van der Waals surface area contributed by atoms with Crippen molar-refractivity contribution in [1.29, 1.82) is 0 Å². The molecule has 148 valence electrons. The van der Waals surface area contributed by atoms with Crippen LogP contribution < -0.4 is 4.74 Å². The monoisotopic (exact) mass is 378 g/mol. The molecule has 3 heteroatoms. The van der Waals surface area contributed by atoms with Crippen molar-refractivity contribution in [3.63, 3.8) is 0 Å². The van der Waals surface area contributed by atoms with Crippen LogP contribution in [0.2, 0.25) is 0 Å². The smallest absolute Gasteiger partial charge is 0.123 e. The highest BCUT2D eigenvalue weighted by molar-refractivity contribution is 7.98. The summed E-state index contributed by atoms with van der Waals surface area (Å²) < 4.78 is 11.6. The van der Waals surface area contributed by atoms with Crippen LogP contribution in [0.5, 0.6) is 5.75 Å². The first-order valence-electron chi connectivity index (χ1n) is 9.71. The van der Waals surface area contributed by atoms with Crippen LogP contribution in [0.3, 0.4) is 0 Å². The van der Waals surface area contributed by atoms with E-state index in [0.717, 1.165) is 31.4 Å². The van der Waals surface area contributed by atoms with E-state index in [0.29, 0.717) is 6.61 Å². The van der Waals surface area contributed by atoms with Gasteiger partial charge in [-0.3, -0.25) is 0 Å². The third-order valence-corrected chi connectivity index (χ3v) is 5.62. The summed E-state index contributed by atoms with van der Waals surface area (Å²) in [4.78, 5) is 0. The van der Waals surface area contributed by atoms with Crippen LogP contribution >= 0.6 is 11.8 Å². The molecule has 1 aromatic rings. The van der Waals surface area contributed by atoms with Gasteiger partial charge in [0.1, 0.15) is 12.4 Å². The van der Waals surface area contributed by atoms with Gasteiger partial charge < -0.3 is 9.47 Å². The van der Waals surface area contributed by atoms with E-state index < -0.39 is 0 Å². The van der Waals surface area contributed by atoms with Gasteiger partial charge in [0.25, 0.3) is 0 Å². The fourth-order valence-electron chi connectivity index (χ4n) is 3.07. The molecule has 0 saturated heterocycles. The van der Waals surface area contributed by atoms with Crippen molar-refractivity contribution in [2.75, 3.05) is 25.7 Å². The van der Waals surface area contributed by atoms with Gasteiger partial charge in [0.15, 0.2) is 0 Å². The molecule has 0 radical (unpaired) electrons. The summed E-state index contributed by atoms with van der Waals surface area (Å²) in [5.74, 6) is 2.26. The van der Waals surface area contributed by atoms with Crippen LogP contribution in [0.4, 0.5) is 0 Å². The number of hydrogen-bond acceptors (Lipinski definition) is 3. The lowest BCUT2D eigenvalue weighted by Crippen LogP contribution is -2.21. The van der Waals surface area contributed by atoms with Gasteiger partial charge in [0.05, 0.1) is 5.60 Å². The highest BCUT2D eigenvalue weighted by atomic mass is 32.2. The van der Waals surface area contributed by atoms with Gasteiger partial charge >= 0.3 is 0 Å². The minimum atomic E-state index is -0.0262. The highest BCUT2D eigenvalue weighted by Gasteiger charge is 2.15. The number of thioether (sulfide) groups is 1. The molecule has 1 aromatic carbocycles.